The van der Waals surface area contributed by atoms with Crippen LogP contribution in [-0.4, -0.2) is 11.7 Å². The molecule has 2 aromatic rings. The average Bonchev–Trinajstić information content (AvgIpc) is 3.04. The van der Waals surface area contributed by atoms with Gasteiger partial charge in [0.2, 0.25) is 0 Å². The highest BCUT2D eigenvalue weighted by molar-refractivity contribution is 6.42. The summed E-state index contributed by atoms with van der Waals surface area (Å²) in [4.78, 5) is 16.0. The van der Waals surface area contributed by atoms with Crippen molar-refractivity contribution in [2.24, 2.45) is 5.16 Å². The van der Waals surface area contributed by atoms with Crippen LogP contribution in [0.1, 0.15) is 12.7 Å². The molecule has 1 aliphatic heterocycles. The molecule has 6 heteroatoms. The van der Waals surface area contributed by atoms with Gasteiger partial charge in [-0.1, -0.05) is 28.4 Å². The van der Waals surface area contributed by atoms with Gasteiger partial charge < -0.3 is 9.25 Å². The Bertz CT molecular complexity index is 790. The van der Waals surface area contributed by atoms with Crippen molar-refractivity contribution < 1.29 is 14.0 Å². The van der Waals surface area contributed by atoms with Crippen LogP contribution in [0.4, 0.5) is 0 Å². The lowest BCUT2D eigenvalue weighted by atomic mass is 10.1. The third kappa shape index (κ3) is 2.73. The van der Waals surface area contributed by atoms with E-state index in [4.69, 9.17) is 27.6 Å². The minimum Gasteiger partial charge on any atom is -0.457 e. The van der Waals surface area contributed by atoms with Gasteiger partial charge in [-0.15, -0.1) is 0 Å². The van der Waals surface area contributed by atoms with Gasteiger partial charge >= 0.3 is 5.97 Å². The highest BCUT2D eigenvalue weighted by Crippen LogP contribution is 2.30. The Kier molecular flexibility index (Phi) is 3.57. The number of nitrogens with zero attached hydrogens (tertiary/aromatic N) is 1. The normalized spacial score (nSPS) is 16.2. The summed E-state index contributed by atoms with van der Waals surface area (Å²) < 4.78 is 5.68. The van der Waals surface area contributed by atoms with Crippen molar-refractivity contribution in [1.82, 2.24) is 0 Å². The van der Waals surface area contributed by atoms with Gasteiger partial charge in [-0.25, -0.2) is 4.79 Å². The highest BCUT2D eigenvalue weighted by atomic mass is 35.5. The summed E-state index contributed by atoms with van der Waals surface area (Å²) in [6, 6.07) is 8.77. The first kappa shape index (κ1) is 13.9. The molecule has 0 bridgehead atoms. The number of carbonyl (C=O) groups is 1. The summed E-state index contributed by atoms with van der Waals surface area (Å²) in [6.07, 6.45) is 1.59. The molecule has 0 saturated carbocycles. The van der Waals surface area contributed by atoms with Gasteiger partial charge in [-0.05, 0) is 43.3 Å². The molecule has 106 valence electrons. The summed E-state index contributed by atoms with van der Waals surface area (Å²) in [7, 11) is 0. The number of benzene rings is 1. The fraction of sp³-hybridized carbons (Fsp3) is 0.0667. The zero-order valence-electron chi connectivity index (χ0n) is 10.9. The molecule has 0 atom stereocenters. The highest BCUT2D eigenvalue weighted by Gasteiger charge is 2.22. The van der Waals surface area contributed by atoms with Crippen LogP contribution in [0.2, 0.25) is 10.0 Å². The molecule has 1 aliphatic rings. The molecular weight excluding hydrogens is 313 g/mol. The lowest BCUT2D eigenvalue weighted by Crippen LogP contribution is -2.01. The van der Waals surface area contributed by atoms with Crippen molar-refractivity contribution in [1.29, 1.82) is 0 Å². The molecule has 21 heavy (non-hydrogen) atoms. The molecule has 1 aromatic carbocycles. The van der Waals surface area contributed by atoms with Crippen LogP contribution < -0.4 is 0 Å². The molecule has 0 aliphatic carbocycles. The van der Waals surface area contributed by atoms with Gasteiger partial charge in [-0.2, -0.15) is 0 Å². The van der Waals surface area contributed by atoms with E-state index in [0.29, 0.717) is 32.9 Å². The average molecular weight is 322 g/mol. The maximum atomic E-state index is 11.5. The second-order valence-corrected chi connectivity index (χ2v) is 5.26. The molecule has 4 nitrogen and oxygen atoms in total. The number of furan rings is 1. The van der Waals surface area contributed by atoms with Crippen LogP contribution >= 0.6 is 23.2 Å². The van der Waals surface area contributed by atoms with Gasteiger partial charge in [0, 0.05) is 5.56 Å². The maximum Gasteiger partial charge on any atom is 0.367 e. The van der Waals surface area contributed by atoms with Crippen LogP contribution in [0.3, 0.4) is 0 Å². The standard InChI is InChI=1S/C15H9Cl2NO3/c1-8-11(15(19)21-18-8)7-10-3-5-14(20-10)9-2-4-12(16)13(17)6-9/h2-7H,1H3/b11-7+. The molecule has 0 amide bonds. The van der Waals surface area contributed by atoms with E-state index >= 15 is 0 Å². The largest absolute Gasteiger partial charge is 0.457 e. The summed E-state index contributed by atoms with van der Waals surface area (Å²) in [5.41, 5.74) is 1.70. The van der Waals surface area contributed by atoms with Gasteiger partial charge in [0.25, 0.3) is 0 Å². The lowest BCUT2D eigenvalue weighted by Gasteiger charge is -1.99. The second-order valence-electron chi connectivity index (χ2n) is 4.44. The molecule has 0 fully saturated rings. The van der Waals surface area contributed by atoms with Crippen molar-refractivity contribution in [2.75, 3.05) is 0 Å². The summed E-state index contributed by atoms with van der Waals surface area (Å²) in [6.45, 7) is 1.69. The smallest absolute Gasteiger partial charge is 0.367 e. The molecule has 0 unspecified atom stereocenters. The van der Waals surface area contributed by atoms with Crippen LogP contribution in [0.15, 0.2) is 45.5 Å². The van der Waals surface area contributed by atoms with Gasteiger partial charge in [0.15, 0.2) is 0 Å². The van der Waals surface area contributed by atoms with E-state index in [9.17, 15) is 4.79 Å². The third-order valence-corrected chi connectivity index (χ3v) is 3.73. The van der Waals surface area contributed by atoms with E-state index in [1.807, 2.05) is 0 Å². The molecule has 1 aromatic heterocycles. The number of halogens is 2. The van der Waals surface area contributed by atoms with Crippen LogP contribution in [0, 0.1) is 0 Å². The van der Waals surface area contributed by atoms with E-state index in [0.717, 1.165) is 5.56 Å². The molecule has 0 saturated heterocycles. The molecular formula is C15H9Cl2NO3. The van der Waals surface area contributed by atoms with Gasteiger partial charge in [-0.3, -0.25) is 0 Å². The lowest BCUT2D eigenvalue weighted by molar-refractivity contribution is -0.136. The van der Waals surface area contributed by atoms with E-state index in [2.05, 4.69) is 9.99 Å². The molecule has 0 N–H and O–H groups in total. The molecule has 0 radical (unpaired) electrons. The molecule has 3 rings (SSSR count). The minimum atomic E-state index is -0.486. The first-order valence-electron chi connectivity index (χ1n) is 6.08. The van der Waals surface area contributed by atoms with Crippen LogP contribution in [-0.2, 0) is 9.63 Å². The predicted octanol–water partition coefficient (Wildman–Crippen LogP) is 4.57. The van der Waals surface area contributed by atoms with Crippen molar-refractivity contribution >= 4 is 41.0 Å². The van der Waals surface area contributed by atoms with Crippen molar-refractivity contribution in [3.05, 3.63) is 51.7 Å². The number of hydrogen-bond acceptors (Lipinski definition) is 4. The zero-order valence-corrected chi connectivity index (χ0v) is 12.4. The molecule has 2 heterocycles. The van der Waals surface area contributed by atoms with Gasteiger partial charge in [0.1, 0.15) is 11.5 Å². The quantitative estimate of drug-likeness (QED) is 0.601. The Morgan fingerprint density at radius 2 is 1.95 bits per heavy atom. The maximum absolute atomic E-state index is 11.5. The first-order chi connectivity index (χ1) is 10.0. The first-order valence-corrected chi connectivity index (χ1v) is 6.83. The second kappa shape index (κ2) is 5.39. The molecule has 0 spiro atoms. The van der Waals surface area contributed by atoms with Crippen molar-refractivity contribution in [2.45, 2.75) is 6.92 Å². The third-order valence-electron chi connectivity index (χ3n) is 2.99. The van der Waals surface area contributed by atoms with E-state index < -0.39 is 5.97 Å². The number of oxime groups is 1. The summed E-state index contributed by atoms with van der Waals surface area (Å²) in [5, 5.41) is 4.54. The predicted molar refractivity (Wildman–Crippen MR) is 81.3 cm³/mol. The Hall–Kier alpha value is -2.04. The van der Waals surface area contributed by atoms with Crippen molar-refractivity contribution in [3.63, 3.8) is 0 Å². The minimum absolute atomic E-state index is 0.380. The topological polar surface area (TPSA) is 51.8 Å². The van der Waals surface area contributed by atoms with Crippen LogP contribution in [0.5, 0.6) is 0 Å². The van der Waals surface area contributed by atoms with Crippen molar-refractivity contribution in [3.8, 4) is 11.3 Å². The zero-order chi connectivity index (χ0) is 15.0. The van der Waals surface area contributed by atoms with E-state index in [1.165, 1.54) is 0 Å². The summed E-state index contributed by atoms with van der Waals surface area (Å²) in [5.74, 6) is 0.667. The summed E-state index contributed by atoms with van der Waals surface area (Å²) >= 11 is 11.9. The Morgan fingerprint density at radius 1 is 1.14 bits per heavy atom. The van der Waals surface area contributed by atoms with Crippen LogP contribution in [0.25, 0.3) is 17.4 Å². The number of rotatable bonds is 2. The number of carbonyl (C=O) groups excluding carboxylic acids is 1. The fourth-order valence-corrected chi connectivity index (χ4v) is 2.19. The van der Waals surface area contributed by atoms with E-state index in [-0.39, 0.29) is 0 Å². The Labute approximate surface area is 130 Å². The monoisotopic (exact) mass is 321 g/mol. The van der Waals surface area contributed by atoms with E-state index in [1.54, 1.807) is 43.3 Å². The van der Waals surface area contributed by atoms with Gasteiger partial charge in [0.05, 0.1) is 21.3 Å². The SMILES string of the molecule is CC1=NOC(=O)/C1=C/c1ccc(-c2ccc(Cl)c(Cl)c2)o1. The number of hydrogen-bond donors (Lipinski definition) is 0. The fourth-order valence-electron chi connectivity index (χ4n) is 1.90. The Balaban J connectivity index is 1.93. The Morgan fingerprint density at radius 3 is 2.62 bits per heavy atom.